The average Bonchev–Trinajstić information content (AvgIpc) is 2.74. The van der Waals surface area contributed by atoms with Crippen molar-refractivity contribution in [3.8, 4) is 11.5 Å². The van der Waals surface area contributed by atoms with Gasteiger partial charge in [-0.25, -0.2) is 0 Å². The van der Waals surface area contributed by atoms with Gasteiger partial charge in [-0.3, -0.25) is 9.59 Å². The number of carbonyl (C=O) groups is 2. The lowest BCUT2D eigenvalue weighted by atomic mass is 10.0. The highest BCUT2D eigenvalue weighted by atomic mass is 79.9. The molecule has 142 valence electrons. The number of ether oxygens (including phenoxy) is 2. The van der Waals surface area contributed by atoms with E-state index in [-0.39, 0.29) is 11.7 Å². The van der Waals surface area contributed by atoms with Gasteiger partial charge in [0.1, 0.15) is 16.0 Å². The van der Waals surface area contributed by atoms with Crippen molar-refractivity contribution in [1.29, 1.82) is 0 Å². The molecule has 1 amide bonds. The molecule has 6 heteroatoms. The number of rotatable bonds is 6. The van der Waals surface area contributed by atoms with Crippen molar-refractivity contribution < 1.29 is 19.1 Å². The molecule has 0 fully saturated rings. The van der Waals surface area contributed by atoms with Crippen LogP contribution in [0.1, 0.15) is 26.3 Å². The van der Waals surface area contributed by atoms with Crippen LogP contribution >= 0.6 is 15.9 Å². The van der Waals surface area contributed by atoms with Crippen molar-refractivity contribution >= 4 is 33.3 Å². The summed E-state index contributed by atoms with van der Waals surface area (Å²) >= 11 is 3.38. The molecule has 0 aliphatic rings. The third-order valence-corrected chi connectivity index (χ3v) is 4.91. The number of hydrogen-bond acceptors (Lipinski definition) is 4. The molecule has 0 saturated carbocycles. The highest BCUT2D eigenvalue weighted by Crippen LogP contribution is 2.35. The van der Waals surface area contributed by atoms with Crippen molar-refractivity contribution in [3.63, 3.8) is 0 Å². The third-order valence-electron chi connectivity index (χ3n) is 4.13. The minimum atomic E-state index is -0.339. The van der Waals surface area contributed by atoms with E-state index in [2.05, 4.69) is 21.2 Å². The number of amides is 1. The Hall–Kier alpha value is -3.12. The quantitative estimate of drug-likeness (QED) is 0.551. The molecule has 28 heavy (non-hydrogen) atoms. The van der Waals surface area contributed by atoms with E-state index >= 15 is 0 Å². The van der Waals surface area contributed by atoms with Crippen molar-refractivity contribution in [2.75, 3.05) is 19.5 Å². The second-order valence-electron chi connectivity index (χ2n) is 5.92. The van der Waals surface area contributed by atoms with Gasteiger partial charge in [0, 0.05) is 22.4 Å². The number of carbonyl (C=O) groups excluding carboxylic acids is 2. The number of anilines is 1. The largest absolute Gasteiger partial charge is 0.495 e. The topological polar surface area (TPSA) is 64.6 Å². The van der Waals surface area contributed by atoms with Gasteiger partial charge >= 0.3 is 0 Å². The summed E-state index contributed by atoms with van der Waals surface area (Å²) in [5.41, 5.74) is 1.98. The molecule has 0 bridgehead atoms. The van der Waals surface area contributed by atoms with Crippen LogP contribution in [0.5, 0.6) is 11.5 Å². The Balaban J connectivity index is 1.85. The van der Waals surface area contributed by atoms with Crippen LogP contribution in [0.2, 0.25) is 0 Å². The Morgan fingerprint density at radius 1 is 0.786 bits per heavy atom. The molecule has 0 heterocycles. The maximum atomic E-state index is 12.7. The number of hydrogen-bond donors (Lipinski definition) is 1. The highest BCUT2D eigenvalue weighted by Gasteiger charge is 2.16. The summed E-state index contributed by atoms with van der Waals surface area (Å²) in [5, 5.41) is 2.81. The molecule has 1 N–H and O–H groups in total. The van der Waals surface area contributed by atoms with Crippen molar-refractivity contribution in [2.45, 2.75) is 0 Å². The van der Waals surface area contributed by atoms with Crippen molar-refractivity contribution in [2.24, 2.45) is 0 Å². The van der Waals surface area contributed by atoms with Crippen LogP contribution in [0.15, 0.2) is 71.2 Å². The van der Waals surface area contributed by atoms with Crippen LogP contribution < -0.4 is 14.8 Å². The summed E-state index contributed by atoms with van der Waals surface area (Å²) in [7, 11) is 3.03. The van der Waals surface area contributed by atoms with E-state index in [1.165, 1.54) is 14.2 Å². The van der Waals surface area contributed by atoms with E-state index < -0.39 is 0 Å². The van der Waals surface area contributed by atoms with Gasteiger partial charge in [0.25, 0.3) is 5.91 Å². The zero-order valence-corrected chi connectivity index (χ0v) is 16.9. The van der Waals surface area contributed by atoms with Gasteiger partial charge in [0.15, 0.2) is 5.78 Å². The first-order valence-corrected chi connectivity index (χ1v) is 9.25. The first kappa shape index (κ1) is 19.6. The molecule has 0 aromatic heterocycles. The fourth-order valence-corrected chi connectivity index (χ4v) is 3.25. The SMILES string of the molecule is COc1cc(C(=O)Nc2cccc(C(=O)c3ccccc3)c2)cc(OC)c1Br. The maximum Gasteiger partial charge on any atom is 0.255 e. The lowest BCUT2D eigenvalue weighted by Gasteiger charge is -2.12. The van der Waals surface area contributed by atoms with E-state index in [0.29, 0.717) is 38.3 Å². The first-order valence-electron chi connectivity index (χ1n) is 8.46. The van der Waals surface area contributed by atoms with Crippen LogP contribution in [-0.4, -0.2) is 25.9 Å². The van der Waals surface area contributed by atoms with Gasteiger partial charge in [-0.2, -0.15) is 0 Å². The van der Waals surface area contributed by atoms with Gasteiger partial charge < -0.3 is 14.8 Å². The summed E-state index contributed by atoms with van der Waals surface area (Å²) in [4.78, 5) is 25.3. The normalized spacial score (nSPS) is 10.2. The molecule has 3 aromatic rings. The van der Waals surface area contributed by atoms with Gasteiger partial charge in [-0.1, -0.05) is 42.5 Å². The van der Waals surface area contributed by atoms with Crippen LogP contribution in [-0.2, 0) is 0 Å². The number of benzene rings is 3. The lowest BCUT2D eigenvalue weighted by Crippen LogP contribution is -2.13. The van der Waals surface area contributed by atoms with E-state index in [1.54, 1.807) is 48.5 Å². The van der Waals surface area contributed by atoms with E-state index in [9.17, 15) is 9.59 Å². The van der Waals surface area contributed by atoms with Crippen molar-refractivity contribution in [3.05, 3.63) is 87.9 Å². The highest BCUT2D eigenvalue weighted by molar-refractivity contribution is 9.10. The lowest BCUT2D eigenvalue weighted by molar-refractivity contribution is 0.102. The standard InChI is InChI=1S/C22H18BrNO4/c1-27-18-12-16(13-19(28-2)20(18)23)22(26)24-17-10-6-9-15(11-17)21(25)14-7-4-3-5-8-14/h3-13H,1-2H3,(H,24,26). The van der Waals surface area contributed by atoms with E-state index in [4.69, 9.17) is 9.47 Å². The Labute approximate surface area is 171 Å². The Morgan fingerprint density at radius 2 is 1.39 bits per heavy atom. The van der Waals surface area contributed by atoms with Crippen LogP contribution in [0.4, 0.5) is 5.69 Å². The van der Waals surface area contributed by atoms with Crippen LogP contribution in [0.3, 0.4) is 0 Å². The van der Waals surface area contributed by atoms with Gasteiger partial charge in [-0.05, 0) is 40.2 Å². The second kappa shape index (κ2) is 8.71. The summed E-state index contributed by atoms with van der Waals surface area (Å²) in [5.74, 6) is 0.520. The summed E-state index contributed by atoms with van der Waals surface area (Å²) < 4.78 is 11.2. The molecule has 3 aromatic carbocycles. The third kappa shape index (κ3) is 4.23. The number of halogens is 1. The van der Waals surface area contributed by atoms with Gasteiger partial charge in [0.05, 0.1) is 14.2 Å². The fraction of sp³-hybridized carbons (Fsp3) is 0.0909. The molecule has 0 unspecified atom stereocenters. The molecular formula is C22H18BrNO4. The monoisotopic (exact) mass is 439 g/mol. The minimum absolute atomic E-state index is 0.108. The molecular weight excluding hydrogens is 422 g/mol. The Kier molecular flexibility index (Phi) is 6.11. The molecule has 0 atom stereocenters. The van der Waals surface area contributed by atoms with Crippen LogP contribution in [0, 0.1) is 0 Å². The minimum Gasteiger partial charge on any atom is -0.495 e. The maximum absolute atomic E-state index is 12.7. The average molecular weight is 440 g/mol. The molecule has 0 radical (unpaired) electrons. The molecule has 5 nitrogen and oxygen atoms in total. The fourth-order valence-electron chi connectivity index (χ4n) is 2.70. The zero-order valence-electron chi connectivity index (χ0n) is 15.4. The van der Waals surface area contributed by atoms with Gasteiger partial charge in [0.2, 0.25) is 0 Å². The smallest absolute Gasteiger partial charge is 0.255 e. The van der Waals surface area contributed by atoms with Crippen molar-refractivity contribution in [1.82, 2.24) is 0 Å². The molecule has 0 spiro atoms. The summed E-state index contributed by atoms with van der Waals surface area (Å²) in [6.07, 6.45) is 0. The number of ketones is 1. The molecule has 0 aliphatic carbocycles. The zero-order chi connectivity index (χ0) is 20.1. The molecule has 0 aliphatic heterocycles. The predicted octanol–water partition coefficient (Wildman–Crippen LogP) is 4.95. The van der Waals surface area contributed by atoms with Gasteiger partial charge in [-0.15, -0.1) is 0 Å². The summed E-state index contributed by atoms with van der Waals surface area (Å²) in [6, 6.07) is 19.1. The molecule has 0 saturated heterocycles. The summed E-state index contributed by atoms with van der Waals surface area (Å²) in [6.45, 7) is 0. The number of nitrogens with one attached hydrogen (secondary N) is 1. The van der Waals surface area contributed by atoms with E-state index in [1.807, 2.05) is 18.2 Å². The predicted molar refractivity (Wildman–Crippen MR) is 112 cm³/mol. The number of methoxy groups -OCH3 is 2. The van der Waals surface area contributed by atoms with E-state index in [0.717, 1.165) is 0 Å². The second-order valence-corrected chi connectivity index (χ2v) is 6.72. The molecule has 3 rings (SSSR count). The van der Waals surface area contributed by atoms with Crippen LogP contribution in [0.25, 0.3) is 0 Å². The Bertz CT molecular complexity index is 993. The Morgan fingerprint density at radius 3 is 2.00 bits per heavy atom. The first-order chi connectivity index (χ1) is 13.5.